The molecule has 0 bridgehead atoms. The van der Waals surface area contributed by atoms with Crippen molar-refractivity contribution in [3.05, 3.63) is 46.1 Å². The average Bonchev–Trinajstić information content (AvgIpc) is 2.66. The number of aryl methyl sites for hydroxylation is 2. The SMILES string of the molecule is Cc1cc2c(ccc3cc(C)n(C)c(=O)c32)o1. The third-order valence-electron chi connectivity index (χ3n) is 3.27. The molecular weight excluding hydrogens is 214 g/mol. The average molecular weight is 227 g/mol. The molecule has 2 aromatic heterocycles. The number of nitrogens with zero attached hydrogens (tertiary/aromatic N) is 1. The van der Waals surface area contributed by atoms with Crippen LogP contribution in [-0.2, 0) is 7.05 Å². The lowest BCUT2D eigenvalue weighted by Gasteiger charge is -2.06. The lowest BCUT2D eigenvalue weighted by Crippen LogP contribution is -2.18. The number of rotatable bonds is 0. The van der Waals surface area contributed by atoms with Gasteiger partial charge in [-0.15, -0.1) is 0 Å². The molecule has 3 aromatic rings. The van der Waals surface area contributed by atoms with Crippen LogP contribution in [0.1, 0.15) is 11.5 Å². The van der Waals surface area contributed by atoms with Gasteiger partial charge in [0.15, 0.2) is 0 Å². The van der Waals surface area contributed by atoms with Crippen molar-refractivity contribution in [3.8, 4) is 0 Å². The highest BCUT2D eigenvalue weighted by atomic mass is 16.3. The molecule has 0 saturated heterocycles. The number of benzene rings is 1. The van der Waals surface area contributed by atoms with Gasteiger partial charge in [0, 0.05) is 18.1 Å². The van der Waals surface area contributed by atoms with Crippen molar-refractivity contribution in [2.24, 2.45) is 7.05 Å². The second-order valence-electron chi connectivity index (χ2n) is 4.45. The van der Waals surface area contributed by atoms with Crippen molar-refractivity contribution in [1.82, 2.24) is 4.57 Å². The van der Waals surface area contributed by atoms with Gasteiger partial charge >= 0.3 is 0 Å². The van der Waals surface area contributed by atoms with Gasteiger partial charge in [-0.1, -0.05) is 6.07 Å². The second-order valence-corrected chi connectivity index (χ2v) is 4.45. The zero-order valence-corrected chi connectivity index (χ0v) is 10.1. The summed E-state index contributed by atoms with van der Waals surface area (Å²) >= 11 is 0. The first-order valence-electron chi connectivity index (χ1n) is 5.57. The smallest absolute Gasteiger partial charge is 0.259 e. The number of furan rings is 1. The molecule has 0 aliphatic rings. The zero-order chi connectivity index (χ0) is 12.2. The molecule has 3 heteroatoms. The molecule has 17 heavy (non-hydrogen) atoms. The van der Waals surface area contributed by atoms with E-state index >= 15 is 0 Å². The normalized spacial score (nSPS) is 11.5. The molecule has 0 fully saturated rings. The first kappa shape index (κ1) is 10.1. The largest absolute Gasteiger partial charge is 0.461 e. The molecule has 2 heterocycles. The van der Waals surface area contributed by atoms with Crippen LogP contribution in [0.2, 0.25) is 0 Å². The molecule has 0 amide bonds. The van der Waals surface area contributed by atoms with Crippen LogP contribution in [0.3, 0.4) is 0 Å². The van der Waals surface area contributed by atoms with Crippen molar-refractivity contribution in [2.75, 3.05) is 0 Å². The standard InChI is InChI=1S/C14H13NO2/c1-8-6-10-4-5-12-11(7-9(2)17-12)13(10)14(16)15(8)3/h4-7H,1-3H3. The number of aromatic nitrogens is 1. The minimum Gasteiger partial charge on any atom is -0.461 e. The molecule has 0 N–H and O–H groups in total. The second kappa shape index (κ2) is 3.23. The lowest BCUT2D eigenvalue weighted by atomic mass is 10.1. The molecule has 3 rings (SSSR count). The maximum Gasteiger partial charge on any atom is 0.259 e. The molecule has 0 aliphatic carbocycles. The van der Waals surface area contributed by atoms with E-state index in [1.54, 1.807) is 11.6 Å². The Morgan fingerprint density at radius 3 is 2.71 bits per heavy atom. The van der Waals surface area contributed by atoms with Crippen LogP contribution < -0.4 is 5.56 Å². The number of hydrogen-bond donors (Lipinski definition) is 0. The number of fused-ring (bicyclic) bond motifs is 3. The Balaban J connectivity index is 2.66. The maximum absolute atomic E-state index is 12.3. The van der Waals surface area contributed by atoms with E-state index in [1.807, 2.05) is 38.1 Å². The Kier molecular flexibility index (Phi) is 1.93. The maximum atomic E-state index is 12.3. The van der Waals surface area contributed by atoms with Crippen molar-refractivity contribution in [1.29, 1.82) is 0 Å². The topological polar surface area (TPSA) is 35.1 Å². The molecule has 0 saturated carbocycles. The molecule has 0 atom stereocenters. The molecule has 0 aliphatic heterocycles. The van der Waals surface area contributed by atoms with Crippen LogP contribution in [0, 0.1) is 13.8 Å². The summed E-state index contributed by atoms with van der Waals surface area (Å²) in [6, 6.07) is 7.81. The monoisotopic (exact) mass is 227 g/mol. The van der Waals surface area contributed by atoms with Crippen LogP contribution in [0.25, 0.3) is 21.7 Å². The summed E-state index contributed by atoms with van der Waals surface area (Å²) in [6.45, 7) is 3.83. The highest BCUT2D eigenvalue weighted by Gasteiger charge is 2.10. The summed E-state index contributed by atoms with van der Waals surface area (Å²) < 4.78 is 7.22. The summed E-state index contributed by atoms with van der Waals surface area (Å²) in [6.07, 6.45) is 0. The van der Waals surface area contributed by atoms with Gasteiger partial charge in [-0.05, 0) is 37.4 Å². The molecule has 3 nitrogen and oxygen atoms in total. The quantitative estimate of drug-likeness (QED) is 0.592. The van der Waals surface area contributed by atoms with E-state index in [1.165, 1.54) is 0 Å². The third-order valence-corrected chi connectivity index (χ3v) is 3.27. The van der Waals surface area contributed by atoms with Gasteiger partial charge in [0.25, 0.3) is 5.56 Å². The Hall–Kier alpha value is -2.03. The molecule has 86 valence electrons. The number of pyridine rings is 1. The third kappa shape index (κ3) is 1.32. The minimum absolute atomic E-state index is 0.0337. The van der Waals surface area contributed by atoms with E-state index in [2.05, 4.69) is 0 Å². The first-order valence-corrected chi connectivity index (χ1v) is 5.57. The highest BCUT2D eigenvalue weighted by molar-refractivity contribution is 6.05. The van der Waals surface area contributed by atoms with Gasteiger partial charge in [0.2, 0.25) is 0 Å². The van der Waals surface area contributed by atoms with Crippen LogP contribution >= 0.6 is 0 Å². The lowest BCUT2D eigenvalue weighted by molar-refractivity contribution is 0.578. The summed E-state index contributed by atoms with van der Waals surface area (Å²) in [5.41, 5.74) is 1.77. The van der Waals surface area contributed by atoms with E-state index < -0.39 is 0 Å². The Morgan fingerprint density at radius 1 is 1.18 bits per heavy atom. The van der Waals surface area contributed by atoms with Gasteiger partial charge in [0.05, 0.1) is 5.39 Å². The fourth-order valence-corrected chi connectivity index (χ4v) is 2.26. The molecule has 0 radical (unpaired) electrons. The van der Waals surface area contributed by atoms with E-state index in [9.17, 15) is 4.79 Å². The van der Waals surface area contributed by atoms with Crippen molar-refractivity contribution >= 4 is 21.7 Å². The van der Waals surface area contributed by atoms with Crippen molar-refractivity contribution in [3.63, 3.8) is 0 Å². The molecule has 0 spiro atoms. The van der Waals surface area contributed by atoms with E-state index in [0.717, 1.165) is 33.2 Å². The Morgan fingerprint density at radius 2 is 1.94 bits per heavy atom. The Labute approximate surface area is 98.3 Å². The fourth-order valence-electron chi connectivity index (χ4n) is 2.26. The van der Waals surface area contributed by atoms with Crippen molar-refractivity contribution < 1.29 is 4.42 Å². The van der Waals surface area contributed by atoms with Gasteiger partial charge in [-0.3, -0.25) is 4.79 Å². The zero-order valence-electron chi connectivity index (χ0n) is 10.1. The Bertz CT molecular complexity index is 793. The highest BCUT2D eigenvalue weighted by Crippen LogP contribution is 2.26. The summed E-state index contributed by atoms with van der Waals surface area (Å²) in [7, 11) is 1.79. The van der Waals surface area contributed by atoms with Crippen LogP contribution in [-0.4, -0.2) is 4.57 Å². The van der Waals surface area contributed by atoms with Crippen LogP contribution in [0.4, 0.5) is 0 Å². The van der Waals surface area contributed by atoms with E-state index in [4.69, 9.17) is 4.42 Å². The summed E-state index contributed by atoms with van der Waals surface area (Å²) in [4.78, 5) is 12.3. The van der Waals surface area contributed by atoms with Crippen LogP contribution in [0.5, 0.6) is 0 Å². The molecule has 1 aromatic carbocycles. The van der Waals surface area contributed by atoms with Gasteiger partial charge in [-0.25, -0.2) is 0 Å². The predicted octanol–water partition coefficient (Wildman–Crippen LogP) is 2.90. The van der Waals surface area contributed by atoms with E-state index in [-0.39, 0.29) is 5.56 Å². The fraction of sp³-hybridized carbons (Fsp3) is 0.214. The predicted molar refractivity (Wildman–Crippen MR) is 68.4 cm³/mol. The van der Waals surface area contributed by atoms with E-state index in [0.29, 0.717) is 0 Å². The van der Waals surface area contributed by atoms with Gasteiger partial charge < -0.3 is 8.98 Å². The first-order chi connectivity index (χ1) is 8.08. The summed E-state index contributed by atoms with van der Waals surface area (Å²) in [5.74, 6) is 0.829. The number of hydrogen-bond acceptors (Lipinski definition) is 2. The van der Waals surface area contributed by atoms with Gasteiger partial charge in [0.1, 0.15) is 11.3 Å². The summed E-state index contributed by atoms with van der Waals surface area (Å²) in [5, 5.41) is 2.62. The molecular formula is C14H13NO2. The minimum atomic E-state index is 0.0337. The van der Waals surface area contributed by atoms with Crippen LogP contribution in [0.15, 0.2) is 33.5 Å². The van der Waals surface area contributed by atoms with Crippen molar-refractivity contribution in [2.45, 2.75) is 13.8 Å². The van der Waals surface area contributed by atoms with Gasteiger partial charge in [-0.2, -0.15) is 0 Å². The molecule has 0 unspecified atom stereocenters.